The molecule has 0 bridgehead atoms. The van der Waals surface area contributed by atoms with E-state index in [0.717, 1.165) is 10.0 Å². The average Bonchev–Trinajstić information content (AvgIpc) is 2.47. The summed E-state index contributed by atoms with van der Waals surface area (Å²) in [5.41, 5.74) is 0.541. The molecule has 2 N–H and O–H groups in total. The number of ether oxygens (including phenoxy) is 1. The zero-order valence-corrected chi connectivity index (χ0v) is 15.0. The van der Waals surface area contributed by atoms with Crippen molar-refractivity contribution < 1.29 is 14.3 Å². The van der Waals surface area contributed by atoms with Gasteiger partial charge in [-0.2, -0.15) is 0 Å². The molecule has 1 rings (SSSR count). The summed E-state index contributed by atoms with van der Waals surface area (Å²) in [5, 5.41) is 5.55. The standard InChI is InChI=1S/C16H23BrN2O3/c1-11-10-12(6-7-13(11)17)19-15(21)16(2,3)14(20)18-8-5-9-22-4/h6-7,10H,5,8-9H2,1-4H3,(H,18,20)(H,19,21). The Kier molecular flexibility index (Phi) is 7.03. The smallest absolute Gasteiger partial charge is 0.239 e. The van der Waals surface area contributed by atoms with Gasteiger partial charge < -0.3 is 15.4 Å². The molecule has 122 valence electrons. The second kappa shape index (κ2) is 8.29. The van der Waals surface area contributed by atoms with Crippen LogP contribution >= 0.6 is 15.9 Å². The molecule has 0 aliphatic heterocycles. The number of anilines is 1. The highest BCUT2D eigenvalue weighted by Gasteiger charge is 2.35. The Bertz CT molecular complexity index is 544. The molecule has 0 aromatic heterocycles. The molecule has 0 unspecified atom stereocenters. The molecule has 0 heterocycles. The summed E-state index contributed by atoms with van der Waals surface area (Å²) >= 11 is 3.41. The van der Waals surface area contributed by atoms with E-state index in [1.165, 1.54) is 0 Å². The molecule has 1 aromatic carbocycles. The number of benzene rings is 1. The summed E-state index contributed by atoms with van der Waals surface area (Å²) in [6.07, 6.45) is 0.714. The molecule has 22 heavy (non-hydrogen) atoms. The number of rotatable bonds is 7. The molecule has 0 saturated carbocycles. The zero-order valence-electron chi connectivity index (χ0n) is 13.5. The Balaban J connectivity index is 2.64. The van der Waals surface area contributed by atoms with E-state index in [1.54, 1.807) is 27.0 Å². The largest absolute Gasteiger partial charge is 0.385 e. The van der Waals surface area contributed by atoms with E-state index in [2.05, 4.69) is 26.6 Å². The lowest BCUT2D eigenvalue weighted by molar-refractivity contribution is -0.138. The first kappa shape index (κ1) is 18.6. The van der Waals surface area contributed by atoms with Gasteiger partial charge in [-0.3, -0.25) is 9.59 Å². The number of nitrogens with one attached hydrogen (secondary N) is 2. The van der Waals surface area contributed by atoms with Crippen LogP contribution in [0.5, 0.6) is 0 Å². The summed E-state index contributed by atoms with van der Waals surface area (Å²) in [6, 6.07) is 5.51. The fraction of sp³-hybridized carbons (Fsp3) is 0.500. The highest BCUT2D eigenvalue weighted by atomic mass is 79.9. The maximum Gasteiger partial charge on any atom is 0.239 e. The number of amides is 2. The van der Waals surface area contributed by atoms with Gasteiger partial charge in [0.15, 0.2) is 0 Å². The van der Waals surface area contributed by atoms with Crippen LogP contribution in [0.1, 0.15) is 25.8 Å². The third-order valence-corrected chi connectivity index (χ3v) is 4.25. The molecule has 0 spiro atoms. The Morgan fingerprint density at radius 1 is 1.27 bits per heavy atom. The predicted octanol–water partition coefficient (Wildman–Crippen LogP) is 2.87. The SMILES string of the molecule is COCCCNC(=O)C(C)(C)C(=O)Nc1ccc(Br)c(C)c1. The molecule has 2 amide bonds. The minimum atomic E-state index is -1.14. The number of carbonyl (C=O) groups excluding carboxylic acids is 2. The van der Waals surface area contributed by atoms with E-state index < -0.39 is 5.41 Å². The van der Waals surface area contributed by atoms with Crippen LogP contribution in [-0.4, -0.2) is 32.1 Å². The number of hydrogen-bond acceptors (Lipinski definition) is 3. The van der Waals surface area contributed by atoms with Crippen LogP contribution in [0, 0.1) is 12.3 Å². The van der Waals surface area contributed by atoms with Crippen LogP contribution in [0.3, 0.4) is 0 Å². The van der Waals surface area contributed by atoms with Crippen molar-refractivity contribution in [2.75, 3.05) is 25.6 Å². The first-order valence-corrected chi connectivity index (χ1v) is 7.93. The van der Waals surface area contributed by atoms with Gasteiger partial charge in [-0.05, 0) is 51.0 Å². The van der Waals surface area contributed by atoms with E-state index in [9.17, 15) is 9.59 Å². The lowest BCUT2D eigenvalue weighted by Crippen LogP contribution is -2.45. The highest BCUT2D eigenvalue weighted by molar-refractivity contribution is 9.10. The average molecular weight is 371 g/mol. The molecule has 0 fully saturated rings. The Morgan fingerprint density at radius 2 is 1.95 bits per heavy atom. The van der Waals surface area contributed by atoms with Crippen molar-refractivity contribution in [1.29, 1.82) is 0 Å². The summed E-state index contributed by atoms with van der Waals surface area (Å²) in [5.74, 6) is -0.631. The molecular formula is C16H23BrN2O3. The maximum atomic E-state index is 12.4. The molecule has 1 aromatic rings. The molecule has 0 aliphatic rings. The molecular weight excluding hydrogens is 348 g/mol. The Hall–Kier alpha value is -1.40. The lowest BCUT2D eigenvalue weighted by Gasteiger charge is -2.23. The van der Waals surface area contributed by atoms with Crippen LogP contribution < -0.4 is 10.6 Å². The number of carbonyl (C=O) groups is 2. The fourth-order valence-corrected chi connectivity index (χ4v) is 2.00. The second-order valence-corrected chi connectivity index (χ2v) is 6.50. The van der Waals surface area contributed by atoms with Gasteiger partial charge in [0.1, 0.15) is 5.41 Å². The Morgan fingerprint density at radius 3 is 2.55 bits per heavy atom. The van der Waals surface area contributed by atoms with Gasteiger partial charge in [-0.15, -0.1) is 0 Å². The predicted molar refractivity (Wildman–Crippen MR) is 90.8 cm³/mol. The molecule has 6 heteroatoms. The van der Waals surface area contributed by atoms with Gasteiger partial charge in [0, 0.05) is 30.4 Å². The first-order chi connectivity index (χ1) is 10.3. The quantitative estimate of drug-likeness (QED) is 0.572. The number of hydrogen-bond donors (Lipinski definition) is 2. The van der Waals surface area contributed by atoms with Crippen molar-refractivity contribution in [3.05, 3.63) is 28.2 Å². The van der Waals surface area contributed by atoms with E-state index in [0.29, 0.717) is 25.3 Å². The van der Waals surface area contributed by atoms with Gasteiger partial charge in [-0.25, -0.2) is 0 Å². The summed E-state index contributed by atoms with van der Waals surface area (Å²) in [6.45, 7) is 6.22. The molecule has 0 radical (unpaired) electrons. The molecule has 0 saturated heterocycles. The van der Waals surface area contributed by atoms with Gasteiger partial charge in [-0.1, -0.05) is 15.9 Å². The van der Waals surface area contributed by atoms with Crippen LogP contribution in [0.15, 0.2) is 22.7 Å². The van der Waals surface area contributed by atoms with Crippen LogP contribution in [-0.2, 0) is 14.3 Å². The van der Waals surface area contributed by atoms with Crippen LogP contribution in [0.2, 0.25) is 0 Å². The van der Waals surface area contributed by atoms with Crippen molar-refractivity contribution in [2.24, 2.45) is 5.41 Å². The van der Waals surface area contributed by atoms with Gasteiger partial charge in [0.2, 0.25) is 11.8 Å². The number of aryl methyl sites for hydroxylation is 1. The first-order valence-electron chi connectivity index (χ1n) is 7.14. The minimum absolute atomic E-state index is 0.296. The van der Waals surface area contributed by atoms with Crippen molar-refractivity contribution in [3.8, 4) is 0 Å². The van der Waals surface area contributed by atoms with Crippen molar-refractivity contribution in [3.63, 3.8) is 0 Å². The Labute approximate surface area is 139 Å². The zero-order chi connectivity index (χ0) is 16.8. The van der Waals surface area contributed by atoms with Crippen molar-refractivity contribution in [1.82, 2.24) is 5.32 Å². The summed E-state index contributed by atoms with van der Waals surface area (Å²) in [7, 11) is 1.61. The minimum Gasteiger partial charge on any atom is -0.385 e. The fourth-order valence-electron chi connectivity index (χ4n) is 1.75. The van der Waals surface area contributed by atoms with E-state index in [-0.39, 0.29) is 11.8 Å². The topological polar surface area (TPSA) is 67.4 Å². The van der Waals surface area contributed by atoms with E-state index in [4.69, 9.17) is 4.74 Å². The molecule has 0 aliphatic carbocycles. The van der Waals surface area contributed by atoms with Gasteiger partial charge in [0.05, 0.1) is 0 Å². The highest BCUT2D eigenvalue weighted by Crippen LogP contribution is 2.23. The van der Waals surface area contributed by atoms with Crippen molar-refractivity contribution in [2.45, 2.75) is 27.2 Å². The number of methoxy groups -OCH3 is 1. The molecule has 0 atom stereocenters. The second-order valence-electron chi connectivity index (χ2n) is 5.65. The third kappa shape index (κ3) is 5.10. The molecule has 5 nitrogen and oxygen atoms in total. The number of halogens is 1. The third-order valence-electron chi connectivity index (χ3n) is 3.36. The lowest BCUT2D eigenvalue weighted by atomic mass is 9.91. The van der Waals surface area contributed by atoms with Crippen molar-refractivity contribution >= 4 is 33.4 Å². The van der Waals surface area contributed by atoms with Crippen LogP contribution in [0.25, 0.3) is 0 Å². The van der Waals surface area contributed by atoms with E-state index in [1.807, 2.05) is 19.1 Å². The summed E-state index contributed by atoms with van der Waals surface area (Å²) in [4.78, 5) is 24.5. The maximum absolute atomic E-state index is 12.4. The van der Waals surface area contributed by atoms with Gasteiger partial charge in [0.25, 0.3) is 0 Å². The monoisotopic (exact) mass is 370 g/mol. The normalized spacial score (nSPS) is 11.1. The van der Waals surface area contributed by atoms with E-state index >= 15 is 0 Å². The van der Waals surface area contributed by atoms with Gasteiger partial charge >= 0.3 is 0 Å². The van der Waals surface area contributed by atoms with Crippen LogP contribution in [0.4, 0.5) is 5.69 Å². The summed E-state index contributed by atoms with van der Waals surface area (Å²) < 4.78 is 5.89.